The molecule has 108 valence electrons. The van der Waals surface area contributed by atoms with Crippen molar-refractivity contribution in [1.29, 1.82) is 0 Å². The first-order chi connectivity index (χ1) is 8.63. The molecule has 0 amide bonds. The fraction of sp³-hybridized carbons (Fsp3) is 0.571. The van der Waals surface area contributed by atoms with Crippen LogP contribution in [0.15, 0.2) is 24.3 Å². The number of hydrogen-bond donors (Lipinski definition) is 2. The summed E-state index contributed by atoms with van der Waals surface area (Å²) in [5.41, 5.74) is 4.84. The Labute approximate surface area is 119 Å². The number of nitrogens with two attached hydrogens (primary N) is 1. The minimum atomic E-state index is -0.700. The number of rotatable bonds is 4. The highest BCUT2D eigenvalue weighted by atomic mass is 35.5. The van der Waals surface area contributed by atoms with E-state index in [1.54, 1.807) is 18.2 Å². The molecule has 2 rings (SSSR count). The summed E-state index contributed by atoms with van der Waals surface area (Å²) in [5.74, 6) is 0.348. The molecule has 3 nitrogen and oxygen atoms in total. The predicted octanol–water partition coefficient (Wildman–Crippen LogP) is 2.51. The molecule has 5 heteroatoms. The van der Waals surface area contributed by atoms with E-state index in [-0.39, 0.29) is 18.2 Å². The molecule has 0 spiro atoms. The SMILES string of the molecule is Cl.NC[C@]1(O)CC[C@H](COc2ccccc2F)CC1. The molecule has 1 fully saturated rings. The quantitative estimate of drug-likeness (QED) is 0.895. The van der Waals surface area contributed by atoms with Crippen LogP contribution in [0.4, 0.5) is 4.39 Å². The van der Waals surface area contributed by atoms with Crippen LogP contribution >= 0.6 is 12.4 Å². The van der Waals surface area contributed by atoms with E-state index in [9.17, 15) is 9.50 Å². The Morgan fingerprint density at radius 2 is 1.95 bits per heavy atom. The summed E-state index contributed by atoms with van der Waals surface area (Å²) in [7, 11) is 0. The van der Waals surface area contributed by atoms with Gasteiger partial charge in [0.05, 0.1) is 12.2 Å². The van der Waals surface area contributed by atoms with Gasteiger partial charge in [-0.05, 0) is 43.7 Å². The van der Waals surface area contributed by atoms with Gasteiger partial charge < -0.3 is 15.6 Å². The smallest absolute Gasteiger partial charge is 0.165 e. The molecule has 0 saturated heterocycles. The van der Waals surface area contributed by atoms with Crippen LogP contribution < -0.4 is 10.5 Å². The molecule has 0 atom stereocenters. The lowest BCUT2D eigenvalue weighted by atomic mass is 9.79. The van der Waals surface area contributed by atoms with Crippen LogP contribution in [0.25, 0.3) is 0 Å². The summed E-state index contributed by atoms with van der Waals surface area (Å²) in [6.07, 6.45) is 3.16. The lowest BCUT2D eigenvalue weighted by Gasteiger charge is -2.34. The molecule has 0 unspecified atom stereocenters. The first-order valence-electron chi connectivity index (χ1n) is 6.43. The molecule has 0 heterocycles. The maximum absolute atomic E-state index is 13.3. The van der Waals surface area contributed by atoms with E-state index in [1.165, 1.54) is 6.07 Å². The number of aliphatic hydroxyl groups is 1. The van der Waals surface area contributed by atoms with Crippen molar-refractivity contribution < 1.29 is 14.2 Å². The van der Waals surface area contributed by atoms with Gasteiger partial charge in [0.1, 0.15) is 0 Å². The highest BCUT2D eigenvalue weighted by Gasteiger charge is 2.32. The molecule has 3 N–H and O–H groups in total. The average molecular weight is 290 g/mol. The van der Waals surface area contributed by atoms with Crippen LogP contribution in [0.5, 0.6) is 5.75 Å². The second-order valence-electron chi connectivity index (χ2n) is 5.11. The van der Waals surface area contributed by atoms with Gasteiger partial charge in [0.2, 0.25) is 0 Å². The molecule has 0 aromatic heterocycles. The summed E-state index contributed by atoms with van der Waals surface area (Å²) in [6.45, 7) is 0.815. The third-order valence-electron chi connectivity index (χ3n) is 3.73. The Kier molecular flexibility index (Phi) is 6.04. The number of halogens is 2. The minimum Gasteiger partial charge on any atom is -0.490 e. The lowest BCUT2D eigenvalue weighted by molar-refractivity contribution is -0.00713. The Bertz CT molecular complexity index is 395. The van der Waals surface area contributed by atoms with Crippen molar-refractivity contribution in [3.05, 3.63) is 30.1 Å². The number of hydrogen-bond acceptors (Lipinski definition) is 3. The average Bonchev–Trinajstić information content (AvgIpc) is 2.40. The zero-order valence-electron chi connectivity index (χ0n) is 10.8. The fourth-order valence-corrected chi connectivity index (χ4v) is 2.36. The van der Waals surface area contributed by atoms with Gasteiger partial charge in [-0.2, -0.15) is 0 Å². The second kappa shape index (κ2) is 7.08. The zero-order valence-corrected chi connectivity index (χ0v) is 11.7. The molecule has 0 bridgehead atoms. The van der Waals surface area contributed by atoms with Gasteiger partial charge in [-0.3, -0.25) is 0 Å². The Balaban J connectivity index is 0.00000180. The lowest BCUT2D eigenvalue weighted by Crippen LogP contribution is -2.41. The van der Waals surface area contributed by atoms with E-state index in [2.05, 4.69) is 0 Å². The number of benzene rings is 1. The summed E-state index contributed by atoms with van der Waals surface area (Å²) in [5, 5.41) is 10.0. The van der Waals surface area contributed by atoms with Crippen molar-refractivity contribution in [3.8, 4) is 5.75 Å². The maximum Gasteiger partial charge on any atom is 0.165 e. The fourth-order valence-electron chi connectivity index (χ4n) is 2.36. The Hall–Kier alpha value is -0.840. The van der Waals surface area contributed by atoms with E-state index >= 15 is 0 Å². The Morgan fingerprint density at radius 3 is 2.53 bits per heavy atom. The molecular weight excluding hydrogens is 269 g/mol. The molecule has 1 aromatic rings. The van der Waals surface area contributed by atoms with Crippen molar-refractivity contribution in [2.45, 2.75) is 31.3 Å². The summed E-state index contributed by atoms with van der Waals surface area (Å²) < 4.78 is 18.8. The van der Waals surface area contributed by atoms with Gasteiger partial charge in [-0.1, -0.05) is 12.1 Å². The minimum absolute atomic E-state index is 0. The normalized spacial score (nSPS) is 26.6. The van der Waals surface area contributed by atoms with Gasteiger partial charge in [-0.15, -0.1) is 12.4 Å². The maximum atomic E-state index is 13.3. The van der Waals surface area contributed by atoms with Crippen LogP contribution in [-0.2, 0) is 0 Å². The summed E-state index contributed by atoms with van der Waals surface area (Å²) in [4.78, 5) is 0. The number of para-hydroxylation sites is 1. The zero-order chi connectivity index (χ0) is 13.0. The van der Waals surface area contributed by atoms with Crippen LogP contribution in [0.3, 0.4) is 0 Å². The van der Waals surface area contributed by atoms with E-state index in [1.807, 2.05) is 0 Å². The van der Waals surface area contributed by atoms with Crippen LogP contribution in [0.1, 0.15) is 25.7 Å². The summed E-state index contributed by atoms with van der Waals surface area (Å²) >= 11 is 0. The second-order valence-corrected chi connectivity index (χ2v) is 5.11. The largest absolute Gasteiger partial charge is 0.490 e. The highest BCUT2D eigenvalue weighted by molar-refractivity contribution is 5.85. The van der Waals surface area contributed by atoms with Crippen molar-refractivity contribution in [3.63, 3.8) is 0 Å². The van der Waals surface area contributed by atoms with Crippen molar-refractivity contribution in [2.24, 2.45) is 11.7 Å². The first kappa shape index (κ1) is 16.2. The van der Waals surface area contributed by atoms with E-state index in [4.69, 9.17) is 10.5 Å². The van der Waals surface area contributed by atoms with E-state index in [0.717, 1.165) is 12.8 Å². The molecule has 19 heavy (non-hydrogen) atoms. The van der Waals surface area contributed by atoms with Crippen LogP contribution in [0.2, 0.25) is 0 Å². The van der Waals surface area contributed by atoms with Gasteiger partial charge in [0.25, 0.3) is 0 Å². The summed E-state index contributed by atoms with van der Waals surface area (Å²) in [6, 6.07) is 6.42. The monoisotopic (exact) mass is 289 g/mol. The van der Waals surface area contributed by atoms with Gasteiger partial charge in [0.15, 0.2) is 11.6 Å². The number of ether oxygens (including phenoxy) is 1. The van der Waals surface area contributed by atoms with Gasteiger partial charge in [-0.25, -0.2) is 4.39 Å². The van der Waals surface area contributed by atoms with Crippen LogP contribution in [-0.4, -0.2) is 23.9 Å². The molecule has 0 aliphatic heterocycles. The molecular formula is C14H21ClFNO2. The van der Waals surface area contributed by atoms with Crippen molar-refractivity contribution in [1.82, 2.24) is 0 Å². The molecule has 1 saturated carbocycles. The Morgan fingerprint density at radius 1 is 1.32 bits per heavy atom. The molecule has 1 aliphatic carbocycles. The van der Waals surface area contributed by atoms with Crippen LogP contribution in [0, 0.1) is 11.7 Å². The van der Waals surface area contributed by atoms with E-state index < -0.39 is 5.60 Å². The highest BCUT2D eigenvalue weighted by Crippen LogP contribution is 2.32. The first-order valence-corrected chi connectivity index (χ1v) is 6.43. The standard InChI is InChI=1S/C14H20FNO2.ClH/c15-12-3-1-2-4-13(12)18-9-11-5-7-14(17,10-16)8-6-11;/h1-4,11,17H,5-10,16H2;1H/t11-,14-;. The van der Waals surface area contributed by atoms with E-state index in [0.29, 0.717) is 37.7 Å². The van der Waals surface area contributed by atoms with Crippen molar-refractivity contribution >= 4 is 12.4 Å². The third-order valence-corrected chi connectivity index (χ3v) is 3.73. The molecule has 0 radical (unpaired) electrons. The van der Waals surface area contributed by atoms with Gasteiger partial charge >= 0.3 is 0 Å². The molecule has 1 aromatic carbocycles. The third kappa shape index (κ3) is 4.34. The van der Waals surface area contributed by atoms with Gasteiger partial charge in [0, 0.05) is 6.54 Å². The molecule has 1 aliphatic rings. The predicted molar refractivity (Wildman–Crippen MR) is 75.1 cm³/mol. The topological polar surface area (TPSA) is 55.5 Å². The van der Waals surface area contributed by atoms with Crippen molar-refractivity contribution in [2.75, 3.05) is 13.2 Å².